The molecule has 26 heavy (non-hydrogen) atoms. The summed E-state index contributed by atoms with van der Waals surface area (Å²) in [6, 6.07) is 8.22. The molecular weight excluding hydrogens is 370 g/mol. The van der Waals surface area contributed by atoms with E-state index in [1.165, 1.54) is 11.3 Å². The first-order valence-corrected chi connectivity index (χ1v) is 9.41. The summed E-state index contributed by atoms with van der Waals surface area (Å²) in [5.41, 5.74) is 2.47. The van der Waals surface area contributed by atoms with Crippen molar-refractivity contribution in [3.05, 3.63) is 43.7 Å². The molecule has 8 heteroatoms. The highest BCUT2D eigenvalue weighted by molar-refractivity contribution is 7.12. The van der Waals surface area contributed by atoms with Crippen molar-refractivity contribution >= 4 is 28.8 Å². The van der Waals surface area contributed by atoms with Crippen LogP contribution in [0.15, 0.2) is 12.1 Å². The number of aromatic nitrogens is 1. The van der Waals surface area contributed by atoms with Crippen LogP contribution in [-0.2, 0) is 24.2 Å². The molecule has 1 aliphatic rings. The number of nitrogens with one attached hydrogen (secondary N) is 1. The van der Waals surface area contributed by atoms with Gasteiger partial charge in [-0.15, -0.1) is 11.3 Å². The van der Waals surface area contributed by atoms with E-state index in [1.807, 2.05) is 12.1 Å². The van der Waals surface area contributed by atoms with Crippen LogP contribution in [0.5, 0.6) is 0 Å². The van der Waals surface area contributed by atoms with Crippen molar-refractivity contribution in [2.24, 2.45) is 0 Å². The first kappa shape index (κ1) is 18.6. The Morgan fingerprint density at radius 3 is 2.88 bits per heavy atom. The zero-order valence-corrected chi connectivity index (χ0v) is 16.0. The molecule has 0 fully saturated rings. The van der Waals surface area contributed by atoms with Gasteiger partial charge in [-0.25, -0.2) is 4.98 Å². The summed E-state index contributed by atoms with van der Waals surface area (Å²) in [5, 5.41) is 22.0. The van der Waals surface area contributed by atoms with Crippen molar-refractivity contribution in [1.29, 1.82) is 10.5 Å². The Morgan fingerprint density at radius 1 is 1.35 bits per heavy atom. The lowest BCUT2D eigenvalue weighted by Crippen LogP contribution is -2.31. The second-order valence-corrected chi connectivity index (χ2v) is 7.48. The molecule has 6 nitrogen and oxygen atoms in total. The van der Waals surface area contributed by atoms with Gasteiger partial charge in [-0.2, -0.15) is 10.5 Å². The van der Waals surface area contributed by atoms with Crippen LogP contribution >= 0.6 is 22.9 Å². The van der Waals surface area contributed by atoms with E-state index in [1.54, 1.807) is 7.11 Å². The van der Waals surface area contributed by atoms with Crippen molar-refractivity contribution in [2.45, 2.75) is 19.5 Å². The normalized spacial score (nSPS) is 13.7. The maximum absolute atomic E-state index is 9.45. The van der Waals surface area contributed by atoms with Gasteiger partial charge in [-0.3, -0.25) is 4.90 Å². The lowest BCUT2D eigenvalue weighted by molar-refractivity contribution is 0.210. The SMILES string of the molecule is COCCNc1nc(Cl)c(C#N)c2c1CN(Cc1ccc(C#N)s1)CC2. The first-order valence-electron chi connectivity index (χ1n) is 8.21. The number of thiophene rings is 1. The monoisotopic (exact) mass is 387 g/mol. The molecule has 2 aromatic rings. The van der Waals surface area contributed by atoms with E-state index < -0.39 is 0 Å². The minimum absolute atomic E-state index is 0.247. The molecule has 3 heterocycles. The van der Waals surface area contributed by atoms with Gasteiger partial charge in [-0.05, 0) is 24.1 Å². The lowest BCUT2D eigenvalue weighted by Gasteiger charge is -2.30. The van der Waals surface area contributed by atoms with E-state index in [0.717, 1.165) is 46.2 Å². The minimum atomic E-state index is 0.247. The number of rotatable bonds is 6. The fourth-order valence-corrected chi connectivity index (χ4v) is 4.16. The molecule has 0 aliphatic carbocycles. The van der Waals surface area contributed by atoms with Crippen LogP contribution in [0.2, 0.25) is 5.15 Å². The van der Waals surface area contributed by atoms with Crippen LogP contribution in [0, 0.1) is 22.7 Å². The third-order valence-corrected chi connectivity index (χ3v) is 5.54. The Balaban J connectivity index is 1.85. The highest BCUT2D eigenvalue weighted by Gasteiger charge is 2.25. The number of halogens is 1. The van der Waals surface area contributed by atoms with Gasteiger partial charge < -0.3 is 10.1 Å². The number of hydrogen-bond acceptors (Lipinski definition) is 7. The van der Waals surface area contributed by atoms with Crippen LogP contribution in [0.25, 0.3) is 0 Å². The molecule has 1 aliphatic heterocycles. The molecule has 0 radical (unpaired) electrons. The molecule has 0 saturated heterocycles. The number of nitriles is 2. The second kappa shape index (κ2) is 8.48. The Labute approximate surface area is 161 Å². The van der Waals surface area contributed by atoms with Crippen LogP contribution in [0.1, 0.15) is 26.4 Å². The van der Waals surface area contributed by atoms with Gasteiger partial charge in [0.25, 0.3) is 0 Å². The van der Waals surface area contributed by atoms with Crippen molar-refractivity contribution in [1.82, 2.24) is 9.88 Å². The summed E-state index contributed by atoms with van der Waals surface area (Å²) in [6.45, 7) is 3.47. The van der Waals surface area contributed by atoms with Gasteiger partial charge in [0, 0.05) is 43.7 Å². The number of ether oxygens (including phenoxy) is 1. The highest BCUT2D eigenvalue weighted by atomic mass is 35.5. The molecule has 0 unspecified atom stereocenters. The zero-order valence-electron chi connectivity index (χ0n) is 14.4. The van der Waals surface area contributed by atoms with Gasteiger partial charge in [0.1, 0.15) is 28.0 Å². The summed E-state index contributed by atoms with van der Waals surface area (Å²) >= 11 is 7.73. The molecule has 1 N–H and O–H groups in total. The Hall–Kier alpha value is -2.16. The van der Waals surface area contributed by atoms with Crippen molar-refractivity contribution in [2.75, 3.05) is 32.1 Å². The molecule has 0 aromatic carbocycles. The van der Waals surface area contributed by atoms with Gasteiger partial charge in [0.15, 0.2) is 0 Å². The van der Waals surface area contributed by atoms with Gasteiger partial charge in [-0.1, -0.05) is 11.6 Å². The Morgan fingerprint density at radius 2 is 2.19 bits per heavy atom. The summed E-state index contributed by atoms with van der Waals surface area (Å²) in [6.07, 6.45) is 0.746. The Kier molecular flexibility index (Phi) is 6.08. The van der Waals surface area contributed by atoms with Crippen molar-refractivity contribution in [3.63, 3.8) is 0 Å². The number of nitrogens with zero attached hydrogens (tertiary/aromatic N) is 4. The van der Waals surface area contributed by atoms with E-state index in [-0.39, 0.29) is 5.15 Å². The number of anilines is 1. The number of fused-ring (bicyclic) bond motifs is 1. The first-order chi connectivity index (χ1) is 12.7. The van der Waals surface area contributed by atoms with Crippen LogP contribution < -0.4 is 5.32 Å². The van der Waals surface area contributed by atoms with Crippen LogP contribution in [0.3, 0.4) is 0 Å². The van der Waals surface area contributed by atoms with Crippen LogP contribution in [-0.4, -0.2) is 36.7 Å². The van der Waals surface area contributed by atoms with E-state index in [0.29, 0.717) is 25.3 Å². The topological polar surface area (TPSA) is 85.0 Å². The zero-order chi connectivity index (χ0) is 18.5. The average Bonchev–Trinajstić information content (AvgIpc) is 3.10. The number of methoxy groups -OCH3 is 1. The molecule has 0 amide bonds. The maximum atomic E-state index is 9.45. The minimum Gasteiger partial charge on any atom is -0.383 e. The molecule has 134 valence electrons. The average molecular weight is 388 g/mol. The second-order valence-electron chi connectivity index (χ2n) is 5.95. The smallest absolute Gasteiger partial charge is 0.149 e. The standard InChI is InChI=1S/C18H18ClN5OS/c1-25-7-5-22-18-16-11-24(10-13-3-2-12(8-20)26-13)6-4-14(16)15(9-21)17(19)23-18/h2-3H,4-7,10-11H2,1H3,(H,22,23). The lowest BCUT2D eigenvalue weighted by atomic mass is 9.96. The third-order valence-electron chi connectivity index (χ3n) is 4.29. The summed E-state index contributed by atoms with van der Waals surface area (Å²) < 4.78 is 5.08. The molecule has 2 aromatic heterocycles. The fraction of sp³-hybridized carbons (Fsp3) is 0.389. The molecule has 0 spiro atoms. The van der Waals surface area contributed by atoms with E-state index in [9.17, 15) is 5.26 Å². The molecule has 3 rings (SSSR count). The Bertz CT molecular complexity index is 883. The van der Waals surface area contributed by atoms with Crippen molar-refractivity contribution < 1.29 is 4.74 Å². The maximum Gasteiger partial charge on any atom is 0.149 e. The van der Waals surface area contributed by atoms with Gasteiger partial charge >= 0.3 is 0 Å². The van der Waals surface area contributed by atoms with E-state index >= 15 is 0 Å². The molecule has 0 bridgehead atoms. The number of pyridine rings is 1. The summed E-state index contributed by atoms with van der Waals surface area (Å²) in [5.74, 6) is 0.717. The summed E-state index contributed by atoms with van der Waals surface area (Å²) in [7, 11) is 1.65. The largest absolute Gasteiger partial charge is 0.383 e. The highest BCUT2D eigenvalue weighted by Crippen LogP contribution is 2.32. The van der Waals surface area contributed by atoms with Gasteiger partial charge in [0.05, 0.1) is 12.2 Å². The van der Waals surface area contributed by atoms with E-state index in [2.05, 4.69) is 27.3 Å². The summed E-state index contributed by atoms with van der Waals surface area (Å²) in [4.78, 5) is 8.57. The fourth-order valence-electron chi connectivity index (χ4n) is 3.07. The number of hydrogen-bond donors (Lipinski definition) is 1. The van der Waals surface area contributed by atoms with Crippen molar-refractivity contribution in [3.8, 4) is 12.1 Å². The van der Waals surface area contributed by atoms with Crippen LogP contribution in [0.4, 0.5) is 5.82 Å². The third kappa shape index (κ3) is 3.98. The predicted molar refractivity (Wildman–Crippen MR) is 101 cm³/mol. The molecule has 0 atom stereocenters. The molecular formula is C18H18ClN5OS. The quantitative estimate of drug-likeness (QED) is 0.605. The van der Waals surface area contributed by atoms with E-state index in [4.69, 9.17) is 21.6 Å². The molecule has 0 saturated carbocycles. The van der Waals surface area contributed by atoms with Gasteiger partial charge in [0.2, 0.25) is 0 Å². The predicted octanol–water partition coefficient (Wildman–Crippen LogP) is 3.16.